The van der Waals surface area contributed by atoms with Crippen molar-refractivity contribution >= 4 is 41.6 Å². The normalized spacial score (nSPS) is 25.1. The first kappa shape index (κ1) is 34.0. The van der Waals surface area contributed by atoms with E-state index in [0.717, 1.165) is 5.39 Å². The average molecular weight is 687 g/mol. The number of benzene rings is 2. The van der Waals surface area contributed by atoms with Crippen LogP contribution in [0.1, 0.15) is 39.8 Å². The molecule has 6 atom stereocenters. The molecule has 4 aromatic rings. The highest BCUT2D eigenvalue weighted by Gasteiger charge is 2.54. The largest absolute Gasteiger partial charge is 0.476 e. The molecule has 2 aromatic heterocycles. The van der Waals surface area contributed by atoms with Crippen molar-refractivity contribution in [1.82, 2.24) is 24.6 Å². The topological polar surface area (TPSA) is 212 Å². The van der Waals surface area contributed by atoms with Gasteiger partial charge in [-0.05, 0) is 32.2 Å². The van der Waals surface area contributed by atoms with Crippen LogP contribution in [0.5, 0.6) is 11.6 Å². The highest BCUT2D eigenvalue weighted by atomic mass is 31.2. The summed E-state index contributed by atoms with van der Waals surface area (Å²) in [5.74, 6) is -0.349. The van der Waals surface area contributed by atoms with Gasteiger partial charge in [-0.1, -0.05) is 36.4 Å². The van der Waals surface area contributed by atoms with Gasteiger partial charge < -0.3 is 39.4 Å². The predicted octanol–water partition coefficient (Wildman–Crippen LogP) is 2.87. The highest BCUT2D eigenvalue weighted by molar-refractivity contribution is 7.52. The number of anilines is 1. The summed E-state index contributed by atoms with van der Waals surface area (Å²) in [6.07, 6.45) is -1.85. The molecule has 2 saturated heterocycles. The van der Waals surface area contributed by atoms with Gasteiger partial charge in [0.25, 0.3) is 0 Å². The van der Waals surface area contributed by atoms with Crippen LogP contribution in [0.2, 0.25) is 0 Å². The number of fused-ring (bicyclic) bond motifs is 2. The first-order valence-corrected chi connectivity index (χ1v) is 17.2. The highest BCUT2D eigenvalue weighted by Crippen LogP contribution is 2.48. The van der Waals surface area contributed by atoms with E-state index in [1.165, 1.54) is 24.7 Å². The number of carbonyl (C=O) groups is 1. The third-order valence-electron chi connectivity index (χ3n) is 8.23. The maximum Gasteiger partial charge on any atom is 0.459 e. The summed E-state index contributed by atoms with van der Waals surface area (Å²) in [4.78, 5) is 25.7. The molecular weight excluding hydrogens is 647 g/mol. The van der Waals surface area contributed by atoms with Gasteiger partial charge >= 0.3 is 13.7 Å². The SMILES string of the molecule is CCOc1nc(N)nc2c1ncn2C1O[C@H](COP(=O)(N[C@@H](C)C(=O)OC2CCOCC2)Oc2cccc3ccccc23)[C@@H](O)[C@@]1(C)O. The Kier molecular flexibility index (Phi) is 9.86. The second kappa shape index (κ2) is 13.9. The number of esters is 1. The van der Waals surface area contributed by atoms with Crippen molar-refractivity contribution in [1.29, 1.82) is 0 Å². The Balaban J connectivity index is 1.24. The smallest absolute Gasteiger partial charge is 0.459 e. The summed E-state index contributed by atoms with van der Waals surface area (Å²) in [7, 11) is -4.39. The minimum Gasteiger partial charge on any atom is -0.476 e. The van der Waals surface area contributed by atoms with Crippen molar-refractivity contribution in [3.63, 3.8) is 0 Å². The van der Waals surface area contributed by atoms with Crippen molar-refractivity contribution in [2.45, 2.75) is 69.8 Å². The fourth-order valence-electron chi connectivity index (χ4n) is 5.71. The van der Waals surface area contributed by atoms with Crippen LogP contribution in [0, 0.1) is 0 Å². The number of rotatable bonds is 12. The molecule has 2 unspecified atom stereocenters. The van der Waals surface area contributed by atoms with Crippen LogP contribution in [-0.4, -0.2) is 92.1 Å². The number of nitrogen functional groups attached to an aromatic ring is 1. The van der Waals surface area contributed by atoms with Gasteiger partial charge in [-0.15, -0.1) is 0 Å². The van der Waals surface area contributed by atoms with Crippen LogP contribution >= 0.6 is 7.75 Å². The molecule has 0 aliphatic carbocycles. The van der Waals surface area contributed by atoms with E-state index in [4.69, 9.17) is 33.7 Å². The molecule has 16 nitrogen and oxygen atoms in total. The zero-order valence-electron chi connectivity index (χ0n) is 26.7. The van der Waals surface area contributed by atoms with Crippen molar-refractivity contribution in [2.75, 3.05) is 32.2 Å². The van der Waals surface area contributed by atoms with E-state index in [9.17, 15) is 19.6 Å². The fraction of sp³-hybridized carbons (Fsp3) is 0.484. The molecule has 258 valence electrons. The molecule has 17 heteroatoms. The van der Waals surface area contributed by atoms with Crippen LogP contribution in [0.15, 0.2) is 48.8 Å². The van der Waals surface area contributed by atoms with E-state index in [2.05, 4.69) is 20.0 Å². The van der Waals surface area contributed by atoms with Crippen LogP contribution in [-0.2, 0) is 28.1 Å². The predicted molar refractivity (Wildman–Crippen MR) is 172 cm³/mol. The van der Waals surface area contributed by atoms with Gasteiger partial charge in [-0.3, -0.25) is 13.9 Å². The molecule has 4 heterocycles. The fourth-order valence-corrected chi connectivity index (χ4v) is 7.23. The lowest BCUT2D eigenvalue weighted by Gasteiger charge is -2.28. The van der Waals surface area contributed by atoms with E-state index in [0.29, 0.717) is 38.0 Å². The van der Waals surface area contributed by atoms with E-state index in [-0.39, 0.29) is 34.8 Å². The lowest BCUT2D eigenvalue weighted by molar-refractivity contribution is -0.154. The minimum atomic E-state index is -4.39. The van der Waals surface area contributed by atoms with Crippen molar-refractivity contribution < 1.29 is 47.6 Å². The number of carbonyl (C=O) groups excluding carboxylic acids is 1. The number of nitrogens with two attached hydrogens (primary N) is 1. The molecule has 0 amide bonds. The molecule has 5 N–H and O–H groups in total. The summed E-state index contributed by atoms with van der Waals surface area (Å²) >= 11 is 0. The van der Waals surface area contributed by atoms with Crippen LogP contribution in [0.25, 0.3) is 21.9 Å². The van der Waals surface area contributed by atoms with Gasteiger partial charge in [0.15, 0.2) is 17.4 Å². The summed E-state index contributed by atoms with van der Waals surface area (Å²) in [5.41, 5.74) is 4.48. The Hall–Kier alpha value is -3.89. The molecule has 6 rings (SSSR count). The molecule has 2 aliphatic rings. The monoisotopic (exact) mass is 686 g/mol. The number of hydrogen-bond donors (Lipinski definition) is 4. The van der Waals surface area contributed by atoms with Crippen molar-refractivity contribution in [3.05, 3.63) is 48.8 Å². The molecule has 0 spiro atoms. The van der Waals surface area contributed by atoms with Gasteiger partial charge in [-0.2, -0.15) is 15.1 Å². The molecule has 48 heavy (non-hydrogen) atoms. The maximum atomic E-state index is 14.4. The van der Waals surface area contributed by atoms with E-state index < -0.39 is 50.4 Å². The Morgan fingerprint density at radius 2 is 1.96 bits per heavy atom. The number of nitrogens with one attached hydrogen (secondary N) is 1. The second-order valence-electron chi connectivity index (χ2n) is 11.8. The zero-order valence-corrected chi connectivity index (χ0v) is 27.6. The number of imidazole rings is 1. The van der Waals surface area contributed by atoms with E-state index in [1.807, 2.05) is 24.3 Å². The van der Waals surface area contributed by atoms with E-state index >= 15 is 0 Å². The minimum absolute atomic E-state index is 0.0900. The lowest BCUT2D eigenvalue weighted by Crippen LogP contribution is -2.44. The van der Waals surface area contributed by atoms with Crippen LogP contribution < -0.4 is 20.1 Å². The first-order valence-electron chi connectivity index (χ1n) is 15.7. The van der Waals surface area contributed by atoms with Crippen LogP contribution in [0.3, 0.4) is 0 Å². The van der Waals surface area contributed by atoms with Gasteiger partial charge in [0.1, 0.15) is 35.7 Å². The van der Waals surface area contributed by atoms with E-state index in [1.54, 1.807) is 25.1 Å². The first-order chi connectivity index (χ1) is 23.0. The maximum absolute atomic E-state index is 14.4. The van der Waals surface area contributed by atoms with Crippen molar-refractivity contribution in [2.24, 2.45) is 0 Å². The molecular formula is C31H39N6O10P. The van der Waals surface area contributed by atoms with Gasteiger partial charge in [0.05, 0.1) is 32.8 Å². The molecule has 0 radical (unpaired) electrons. The number of nitrogens with zero attached hydrogens (tertiary/aromatic N) is 4. The summed E-state index contributed by atoms with van der Waals surface area (Å²) in [6, 6.07) is 11.5. The Bertz CT molecular complexity index is 1810. The molecule has 2 aliphatic heterocycles. The third kappa shape index (κ3) is 6.96. The zero-order chi connectivity index (χ0) is 34.1. The van der Waals surface area contributed by atoms with Gasteiger partial charge in [0.2, 0.25) is 11.8 Å². The quantitative estimate of drug-likeness (QED) is 0.125. The molecule has 2 aromatic carbocycles. The number of aromatic nitrogens is 4. The summed E-state index contributed by atoms with van der Waals surface area (Å²) in [5, 5.41) is 26.8. The molecule has 2 fully saturated rings. The summed E-state index contributed by atoms with van der Waals surface area (Å²) < 4.78 is 50.3. The van der Waals surface area contributed by atoms with Gasteiger partial charge in [0, 0.05) is 18.2 Å². The Morgan fingerprint density at radius 3 is 2.73 bits per heavy atom. The number of ether oxygens (including phenoxy) is 4. The molecule has 0 bridgehead atoms. The standard InChI is InChI=1S/C31H39N6O10P/c1-4-43-27-24-26(34-30(32)35-27)37(17-33-24)29-31(3,40)25(38)23(46-29)16-44-48(41,36-18(2)28(39)45-20-12-14-42-15-13-20)47-22-11-7-9-19-8-5-6-10-21(19)22/h5-11,17-18,20,23,25,29,38,40H,4,12-16H2,1-3H3,(H,36,41)(H2,32,34,35)/t18-,23+,25+,29?,31+,48?/m0/s1. The third-order valence-corrected chi connectivity index (χ3v) is 9.86. The van der Waals surface area contributed by atoms with Crippen molar-refractivity contribution in [3.8, 4) is 11.6 Å². The Morgan fingerprint density at radius 1 is 1.21 bits per heavy atom. The van der Waals surface area contributed by atoms with Crippen LogP contribution in [0.4, 0.5) is 5.95 Å². The lowest BCUT2D eigenvalue weighted by atomic mass is 9.96. The summed E-state index contributed by atoms with van der Waals surface area (Å²) in [6.45, 7) is 5.38. The number of aliphatic hydroxyl groups is 2. The number of aliphatic hydroxyl groups excluding tert-OH is 1. The van der Waals surface area contributed by atoms with Gasteiger partial charge in [-0.25, -0.2) is 9.55 Å². The Labute approximate surface area is 276 Å². The molecule has 0 saturated carbocycles. The second-order valence-corrected chi connectivity index (χ2v) is 13.5. The number of hydrogen-bond acceptors (Lipinski definition) is 14. The average Bonchev–Trinajstić information content (AvgIpc) is 3.57.